The fourth-order valence-corrected chi connectivity index (χ4v) is 4.15. The Labute approximate surface area is 185 Å². The lowest BCUT2D eigenvalue weighted by Crippen LogP contribution is -2.48. The third-order valence-corrected chi connectivity index (χ3v) is 5.82. The molecule has 3 aromatic rings. The van der Waals surface area contributed by atoms with Gasteiger partial charge in [0.2, 0.25) is 0 Å². The summed E-state index contributed by atoms with van der Waals surface area (Å²) < 4.78 is 2.79. The van der Waals surface area contributed by atoms with E-state index in [4.69, 9.17) is 16.7 Å². The fourth-order valence-electron chi connectivity index (χ4n) is 4.15. The zero-order valence-corrected chi connectivity index (χ0v) is 17.8. The van der Waals surface area contributed by atoms with Crippen molar-refractivity contribution in [3.05, 3.63) is 92.1 Å². The van der Waals surface area contributed by atoms with E-state index >= 15 is 0 Å². The van der Waals surface area contributed by atoms with Gasteiger partial charge in [-0.15, -0.1) is 0 Å². The van der Waals surface area contributed by atoms with Gasteiger partial charge in [-0.25, -0.2) is 4.79 Å². The molecule has 1 fully saturated rings. The summed E-state index contributed by atoms with van der Waals surface area (Å²) in [5.41, 5.74) is 14.1. The molecule has 2 heterocycles. The van der Waals surface area contributed by atoms with E-state index in [1.807, 2.05) is 23.1 Å². The fraction of sp³-hybridized carbons (Fsp3) is 0.292. The van der Waals surface area contributed by atoms with E-state index in [-0.39, 0.29) is 24.7 Å². The number of aromatic nitrogens is 2. The summed E-state index contributed by atoms with van der Waals surface area (Å²) in [6.07, 6.45) is 1.81. The van der Waals surface area contributed by atoms with E-state index in [1.165, 1.54) is 10.6 Å². The van der Waals surface area contributed by atoms with Crippen LogP contribution in [-0.2, 0) is 13.1 Å². The number of benzene rings is 2. The van der Waals surface area contributed by atoms with Crippen LogP contribution in [0.25, 0.3) is 0 Å². The van der Waals surface area contributed by atoms with Crippen LogP contribution in [-0.4, -0.2) is 28.3 Å². The maximum absolute atomic E-state index is 13.6. The van der Waals surface area contributed by atoms with Gasteiger partial charge in [0.25, 0.3) is 5.56 Å². The first-order valence-electron chi connectivity index (χ1n) is 10.6. The van der Waals surface area contributed by atoms with Gasteiger partial charge in [-0.05, 0) is 42.2 Å². The Kier molecular flexibility index (Phi) is 6.10. The smallest absolute Gasteiger partial charge is 0.333 e. The molecule has 0 unspecified atom stereocenters. The van der Waals surface area contributed by atoms with Crippen LogP contribution in [0.2, 0.25) is 0 Å². The van der Waals surface area contributed by atoms with Crippen LogP contribution in [0.1, 0.15) is 29.5 Å². The average Bonchev–Trinajstić information content (AvgIpc) is 2.79. The van der Waals surface area contributed by atoms with E-state index in [1.54, 1.807) is 34.9 Å². The quantitative estimate of drug-likeness (QED) is 0.591. The molecule has 2 aromatic carbocycles. The van der Waals surface area contributed by atoms with Crippen LogP contribution in [0.15, 0.2) is 64.2 Å². The third kappa shape index (κ3) is 4.43. The number of hydrogen-bond donors (Lipinski definition) is 2. The lowest BCUT2D eigenvalue weighted by atomic mass is 10.1. The molecule has 8 nitrogen and oxygen atoms in total. The molecule has 4 N–H and O–H groups in total. The SMILES string of the molecule is N#Cc1cccc(Cn2c(=O)cc(N3CCC[C@@H](N)C3)n(Cc3ccccc3N)c2=O)c1. The molecule has 4 rings (SSSR count). The van der Waals surface area contributed by atoms with Crippen molar-refractivity contribution in [1.29, 1.82) is 5.26 Å². The molecule has 0 spiro atoms. The second-order valence-electron chi connectivity index (χ2n) is 8.15. The number of para-hydroxylation sites is 1. The van der Waals surface area contributed by atoms with Crippen molar-refractivity contribution in [2.75, 3.05) is 23.7 Å². The maximum atomic E-state index is 13.6. The first-order valence-corrected chi connectivity index (χ1v) is 10.6. The predicted molar refractivity (Wildman–Crippen MR) is 125 cm³/mol. The van der Waals surface area contributed by atoms with Crippen LogP contribution >= 0.6 is 0 Å². The molecule has 0 bridgehead atoms. The van der Waals surface area contributed by atoms with Crippen LogP contribution in [0.5, 0.6) is 0 Å². The van der Waals surface area contributed by atoms with Gasteiger partial charge in [0, 0.05) is 30.9 Å². The number of nitrogens with zero attached hydrogens (tertiary/aromatic N) is 4. The summed E-state index contributed by atoms with van der Waals surface area (Å²) in [7, 11) is 0. The monoisotopic (exact) mass is 430 g/mol. The molecule has 32 heavy (non-hydrogen) atoms. The highest BCUT2D eigenvalue weighted by Crippen LogP contribution is 2.20. The van der Waals surface area contributed by atoms with E-state index in [9.17, 15) is 9.59 Å². The second kappa shape index (κ2) is 9.12. The molecule has 1 aliphatic heterocycles. The Morgan fingerprint density at radius 3 is 2.59 bits per heavy atom. The van der Waals surface area contributed by atoms with E-state index in [2.05, 4.69) is 6.07 Å². The molecular weight excluding hydrogens is 404 g/mol. The molecule has 1 aromatic heterocycles. The Bertz CT molecular complexity index is 1290. The van der Waals surface area contributed by atoms with Crippen LogP contribution in [0, 0.1) is 11.3 Å². The standard InChI is InChI=1S/C24H26N6O2/c25-13-17-5-3-6-18(11-17)14-30-23(31)12-22(28-10-4-8-20(26)16-28)29(24(30)32)15-19-7-1-2-9-21(19)27/h1-3,5-7,9,11-12,20H,4,8,10,14-16,26-27H2/t20-/m1/s1. The number of hydrogen-bond acceptors (Lipinski definition) is 6. The number of nitriles is 1. The van der Waals surface area contributed by atoms with Crippen LogP contribution in [0.3, 0.4) is 0 Å². The molecule has 0 saturated carbocycles. The predicted octanol–water partition coefficient (Wildman–Crippen LogP) is 1.49. The van der Waals surface area contributed by atoms with E-state index in [0.29, 0.717) is 29.2 Å². The van der Waals surface area contributed by atoms with Gasteiger partial charge >= 0.3 is 5.69 Å². The summed E-state index contributed by atoms with van der Waals surface area (Å²) in [5, 5.41) is 9.16. The summed E-state index contributed by atoms with van der Waals surface area (Å²) in [4.78, 5) is 28.6. The molecule has 0 amide bonds. The number of anilines is 2. The van der Waals surface area contributed by atoms with Crippen molar-refractivity contribution in [2.45, 2.75) is 32.0 Å². The zero-order chi connectivity index (χ0) is 22.7. The molecule has 8 heteroatoms. The highest BCUT2D eigenvalue weighted by molar-refractivity contribution is 5.48. The molecule has 1 atom stereocenters. The second-order valence-corrected chi connectivity index (χ2v) is 8.15. The third-order valence-electron chi connectivity index (χ3n) is 5.82. The van der Waals surface area contributed by atoms with Gasteiger partial charge in [-0.2, -0.15) is 5.26 Å². The molecule has 0 aliphatic carbocycles. The van der Waals surface area contributed by atoms with Gasteiger partial charge in [0.05, 0.1) is 24.7 Å². The van der Waals surface area contributed by atoms with Gasteiger partial charge in [0.15, 0.2) is 0 Å². The molecule has 1 saturated heterocycles. The van der Waals surface area contributed by atoms with Gasteiger partial charge in [-0.1, -0.05) is 30.3 Å². The van der Waals surface area contributed by atoms with Crippen molar-refractivity contribution in [1.82, 2.24) is 9.13 Å². The molecule has 0 radical (unpaired) electrons. The van der Waals surface area contributed by atoms with Crippen LogP contribution in [0.4, 0.5) is 11.5 Å². The minimum Gasteiger partial charge on any atom is -0.398 e. The summed E-state index contributed by atoms with van der Waals surface area (Å²) in [6, 6.07) is 17.9. The topological polar surface area (TPSA) is 123 Å². The van der Waals surface area contributed by atoms with Gasteiger partial charge in [0.1, 0.15) is 5.82 Å². The first-order chi connectivity index (χ1) is 15.5. The minimum absolute atomic E-state index is 0.00903. The lowest BCUT2D eigenvalue weighted by Gasteiger charge is -2.34. The minimum atomic E-state index is -0.419. The Morgan fingerprint density at radius 2 is 1.84 bits per heavy atom. The Balaban J connectivity index is 1.82. The summed E-state index contributed by atoms with van der Waals surface area (Å²) in [6.45, 7) is 1.63. The van der Waals surface area contributed by atoms with Crippen molar-refractivity contribution in [2.24, 2.45) is 5.73 Å². The summed E-state index contributed by atoms with van der Waals surface area (Å²) >= 11 is 0. The van der Waals surface area contributed by atoms with E-state index < -0.39 is 5.69 Å². The van der Waals surface area contributed by atoms with Crippen LogP contribution < -0.4 is 27.6 Å². The number of nitrogen functional groups attached to an aromatic ring is 1. The maximum Gasteiger partial charge on any atom is 0.333 e. The van der Waals surface area contributed by atoms with Crippen molar-refractivity contribution in [3.8, 4) is 6.07 Å². The first kappa shape index (κ1) is 21.4. The molecular formula is C24H26N6O2. The highest BCUT2D eigenvalue weighted by Gasteiger charge is 2.22. The van der Waals surface area contributed by atoms with Gasteiger partial charge in [-0.3, -0.25) is 13.9 Å². The average molecular weight is 431 g/mol. The van der Waals surface area contributed by atoms with Gasteiger partial charge < -0.3 is 16.4 Å². The molecule has 164 valence electrons. The largest absolute Gasteiger partial charge is 0.398 e. The Morgan fingerprint density at radius 1 is 1.03 bits per heavy atom. The number of rotatable bonds is 5. The van der Waals surface area contributed by atoms with Crippen molar-refractivity contribution >= 4 is 11.5 Å². The lowest BCUT2D eigenvalue weighted by molar-refractivity contribution is 0.490. The highest BCUT2D eigenvalue weighted by atomic mass is 16.2. The Hall–Kier alpha value is -3.83. The van der Waals surface area contributed by atoms with Crippen molar-refractivity contribution in [3.63, 3.8) is 0 Å². The normalized spacial score (nSPS) is 16.0. The van der Waals surface area contributed by atoms with E-state index in [0.717, 1.165) is 24.9 Å². The number of nitrogens with two attached hydrogens (primary N) is 2. The number of piperidine rings is 1. The zero-order valence-electron chi connectivity index (χ0n) is 17.8. The van der Waals surface area contributed by atoms with Crippen molar-refractivity contribution < 1.29 is 0 Å². The summed E-state index contributed by atoms with van der Waals surface area (Å²) in [5.74, 6) is 0.556. The molecule has 1 aliphatic rings.